The largest absolute Gasteiger partial charge is 0.325 e. The highest BCUT2D eigenvalue weighted by atomic mass is 16.1. The fourth-order valence-electron chi connectivity index (χ4n) is 2.90. The summed E-state index contributed by atoms with van der Waals surface area (Å²) in [6.07, 6.45) is 0.519. The molecule has 0 saturated carbocycles. The highest BCUT2D eigenvalue weighted by Crippen LogP contribution is 2.27. The summed E-state index contributed by atoms with van der Waals surface area (Å²) < 4.78 is 2.20. The van der Waals surface area contributed by atoms with Crippen LogP contribution in [0.5, 0.6) is 0 Å². The molecule has 1 aliphatic rings. The minimum Gasteiger partial charge on any atom is -0.325 e. The van der Waals surface area contributed by atoms with Gasteiger partial charge in [0.15, 0.2) is 5.78 Å². The molecule has 1 aromatic carbocycles. The second-order valence-corrected chi connectivity index (χ2v) is 7.09. The van der Waals surface area contributed by atoms with Crippen LogP contribution in [0, 0.1) is 5.41 Å². The van der Waals surface area contributed by atoms with Crippen LogP contribution in [0.1, 0.15) is 43.4 Å². The first kappa shape index (κ1) is 15.0. The van der Waals surface area contributed by atoms with Crippen molar-refractivity contribution in [3.05, 3.63) is 41.7 Å². The minimum atomic E-state index is -0.0252. The van der Waals surface area contributed by atoms with E-state index in [-0.39, 0.29) is 11.2 Å². The maximum absolute atomic E-state index is 12.7. The molecule has 22 heavy (non-hydrogen) atoms. The fraction of sp³-hybridized carbons (Fsp3) is 0.444. The molecule has 1 aromatic heterocycles. The quantitative estimate of drug-likeness (QED) is 0.884. The van der Waals surface area contributed by atoms with Crippen LogP contribution in [0.3, 0.4) is 0 Å². The molecule has 4 heteroatoms. The lowest BCUT2D eigenvalue weighted by atomic mass is 9.89. The van der Waals surface area contributed by atoms with Crippen molar-refractivity contribution < 1.29 is 4.79 Å². The highest BCUT2D eigenvalue weighted by molar-refractivity contribution is 5.96. The van der Waals surface area contributed by atoms with Gasteiger partial charge in [0.2, 0.25) is 0 Å². The number of carbonyl (C=O) groups is 1. The van der Waals surface area contributed by atoms with Crippen LogP contribution in [0.4, 0.5) is 0 Å². The number of imidazole rings is 1. The molecule has 0 bridgehead atoms. The molecule has 1 N–H and O–H groups in total. The zero-order chi connectivity index (χ0) is 15.7. The standard InChI is InChI=1S/C18H23N3O/c1-18(2,3)11-15(22)16-14-12-19-9-10-21(14)17(20-16)13-7-5-4-6-8-13/h4-8,19H,9-12H2,1-3H3. The predicted octanol–water partition coefficient (Wildman–Crippen LogP) is 3.27. The van der Waals surface area contributed by atoms with Gasteiger partial charge in [-0.15, -0.1) is 0 Å². The average Bonchev–Trinajstić information content (AvgIpc) is 2.86. The molecule has 0 saturated heterocycles. The Kier molecular flexibility index (Phi) is 3.87. The number of ketones is 1. The minimum absolute atomic E-state index is 0.0252. The van der Waals surface area contributed by atoms with E-state index in [1.807, 2.05) is 18.2 Å². The number of nitrogens with zero attached hydrogens (tertiary/aromatic N) is 2. The third-order valence-corrected chi connectivity index (χ3v) is 3.86. The van der Waals surface area contributed by atoms with Gasteiger partial charge in [-0.1, -0.05) is 51.1 Å². The van der Waals surface area contributed by atoms with Crippen LogP contribution in [0.25, 0.3) is 11.4 Å². The maximum Gasteiger partial charge on any atom is 0.183 e. The lowest BCUT2D eigenvalue weighted by Gasteiger charge is -2.20. The number of aromatic nitrogens is 2. The number of hydrogen-bond donors (Lipinski definition) is 1. The summed E-state index contributed by atoms with van der Waals surface area (Å²) in [5.41, 5.74) is 2.71. The van der Waals surface area contributed by atoms with Crippen molar-refractivity contribution in [3.63, 3.8) is 0 Å². The van der Waals surface area contributed by atoms with E-state index in [0.29, 0.717) is 18.7 Å². The molecule has 0 amide bonds. The van der Waals surface area contributed by atoms with Crippen LogP contribution < -0.4 is 5.32 Å². The van der Waals surface area contributed by atoms with Gasteiger partial charge in [0.05, 0.1) is 5.69 Å². The molecule has 0 fully saturated rings. The van der Waals surface area contributed by atoms with Gasteiger partial charge in [-0.2, -0.15) is 0 Å². The van der Waals surface area contributed by atoms with Crippen molar-refractivity contribution in [2.75, 3.05) is 6.54 Å². The first-order valence-electron chi connectivity index (χ1n) is 7.84. The molecule has 0 radical (unpaired) electrons. The summed E-state index contributed by atoms with van der Waals surface area (Å²) in [6.45, 7) is 8.74. The van der Waals surface area contributed by atoms with E-state index in [4.69, 9.17) is 4.98 Å². The Morgan fingerprint density at radius 2 is 2.00 bits per heavy atom. The first-order valence-corrected chi connectivity index (χ1v) is 7.84. The molecular formula is C18H23N3O. The Hall–Kier alpha value is -1.94. The number of Topliss-reactive ketones (excluding diaryl/α,β-unsaturated/α-hetero) is 1. The lowest BCUT2D eigenvalue weighted by Crippen LogP contribution is -2.29. The smallest absolute Gasteiger partial charge is 0.183 e. The topological polar surface area (TPSA) is 46.9 Å². The maximum atomic E-state index is 12.7. The second-order valence-electron chi connectivity index (χ2n) is 7.09. The van der Waals surface area contributed by atoms with Crippen molar-refractivity contribution in [1.29, 1.82) is 0 Å². The van der Waals surface area contributed by atoms with Crippen LogP contribution >= 0.6 is 0 Å². The number of nitrogens with one attached hydrogen (secondary N) is 1. The van der Waals surface area contributed by atoms with Crippen molar-refractivity contribution in [2.24, 2.45) is 5.41 Å². The molecular weight excluding hydrogens is 274 g/mol. The van der Waals surface area contributed by atoms with Gasteiger partial charge >= 0.3 is 0 Å². The van der Waals surface area contributed by atoms with E-state index in [1.54, 1.807) is 0 Å². The second kappa shape index (κ2) is 5.69. The van der Waals surface area contributed by atoms with Crippen LogP contribution in [-0.4, -0.2) is 21.9 Å². The van der Waals surface area contributed by atoms with Gasteiger partial charge in [0.25, 0.3) is 0 Å². The SMILES string of the molecule is CC(C)(C)CC(=O)c1nc(-c2ccccc2)n2c1CNCC2. The van der Waals surface area contributed by atoms with Crippen molar-refractivity contribution >= 4 is 5.78 Å². The predicted molar refractivity (Wildman–Crippen MR) is 87.8 cm³/mol. The Morgan fingerprint density at radius 1 is 1.27 bits per heavy atom. The Bertz CT molecular complexity index is 680. The van der Waals surface area contributed by atoms with Gasteiger partial charge < -0.3 is 9.88 Å². The van der Waals surface area contributed by atoms with Crippen LogP contribution in [-0.2, 0) is 13.1 Å². The summed E-state index contributed by atoms with van der Waals surface area (Å²) >= 11 is 0. The molecule has 0 atom stereocenters. The van der Waals surface area contributed by atoms with Crippen LogP contribution in [0.15, 0.2) is 30.3 Å². The molecule has 2 heterocycles. The average molecular weight is 297 g/mol. The number of carbonyl (C=O) groups excluding carboxylic acids is 1. The number of benzene rings is 1. The van der Waals surface area contributed by atoms with Gasteiger partial charge in [-0.3, -0.25) is 4.79 Å². The van der Waals surface area contributed by atoms with Gasteiger partial charge in [0, 0.05) is 31.6 Å². The number of fused-ring (bicyclic) bond motifs is 1. The third kappa shape index (κ3) is 2.97. The van der Waals surface area contributed by atoms with Crippen molar-refractivity contribution in [3.8, 4) is 11.4 Å². The van der Waals surface area contributed by atoms with Gasteiger partial charge in [-0.25, -0.2) is 4.98 Å². The molecule has 0 aliphatic carbocycles. The fourth-order valence-corrected chi connectivity index (χ4v) is 2.90. The summed E-state index contributed by atoms with van der Waals surface area (Å²) in [5, 5.41) is 3.35. The summed E-state index contributed by atoms with van der Waals surface area (Å²) in [7, 11) is 0. The molecule has 0 unspecified atom stereocenters. The molecule has 0 spiro atoms. The zero-order valence-corrected chi connectivity index (χ0v) is 13.5. The molecule has 3 rings (SSSR count). The van der Waals surface area contributed by atoms with Gasteiger partial charge in [0.1, 0.15) is 11.5 Å². The molecule has 2 aromatic rings. The Balaban J connectivity index is 2.05. The Morgan fingerprint density at radius 3 is 2.68 bits per heavy atom. The summed E-state index contributed by atoms with van der Waals surface area (Å²) in [5.74, 6) is 1.05. The lowest BCUT2D eigenvalue weighted by molar-refractivity contribution is 0.0934. The molecule has 116 valence electrons. The molecule has 4 nitrogen and oxygen atoms in total. The molecule has 1 aliphatic heterocycles. The van der Waals surface area contributed by atoms with E-state index in [1.165, 1.54) is 0 Å². The number of rotatable bonds is 3. The van der Waals surface area contributed by atoms with Crippen molar-refractivity contribution in [2.45, 2.75) is 40.3 Å². The highest BCUT2D eigenvalue weighted by Gasteiger charge is 2.27. The van der Waals surface area contributed by atoms with Gasteiger partial charge in [-0.05, 0) is 5.41 Å². The van der Waals surface area contributed by atoms with Crippen molar-refractivity contribution in [1.82, 2.24) is 14.9 Å². The zero-order valence-electron chi connectivity index (χ0n) is 13.5. The normalized spacial score (nSPS) is 14.7. The van der Waals surface area contributed by atoms with Crippen LogP contribution in [0.2, 0.25) is 0 Å². The Labute approximate surface area is 131 Å². The van der Waals surface area contributed by atoms with E-state index in [2.05, 4.69) is 42.8 Å². The monoisotopic (exact) mass is 297 g/mol. The van der Waals surface area contributed by atoms with E-state index in [9.17, 15) is 4.79 Å². The van der Waals surface area contributed by atoms with E-state index >= 15 is 0 Å². The summed E-state index contributed by atoms with van der Waals surface area (Å²) in [4.78, 5) is 17.4. The number of hydrogen-bond acceptors (Lipinski definition) is 3. The summed E-state index contributed by atoms with van der Waals surface area (Å²) in [6, 6.07) is 10.1. The van der Waals surface area contributed by atoms with E-state index < -0.39 is 0 Å². The third-order valence-electron chi connectivity index (χ3n) is 3.86. The first-order chi connectivity index (χ1) is 10.5. The van der Waals surface area contributed by atoms with E-state index in [0.717, 1.165) is 30.2 Å².